The number of H-pyrrole nitrogens is 1. The van der Waals surface area contributed by atoms with Gasteiger partial charge in [-0.2, -0.15) is 4.68 Å². The molecule has 14 heteroatoms. The number of anilines is 1. The summed E-state index contributed by atoms with van der Waals surface area (Å²) in [5, 5.41) is 23.3. The van der Waals surface area contributed by atoms with Gasteiger partial charge in [0.1, 0.15) is 28.8 Å². The first kappa shape index (κ1) is 24.8. The van der Waals surface area contributed by atoms with E-state index in [1.807, 2.05) is 0 Å². The molecule has 5 aromatic rings. The molecule has 0 atom stereocenters. The van der Waals surface area contributed by atoms with E-state index in [2.05, 4.69) is 30.8 Å². The molecular formula is C25H19Cl2N9O3. The van der Waals surface area contributed by atoms with Gasteiger partial charge < -0.3 is 10.1 Å². The fourth-order valence-electron chi connectivity index (χ4n) is 4.31. The van der Waals surface area contributed by atoms with Crippen molar-refractivity contribution in [1.82, 2.24) is 39.7 Å². The van der Waals surface area contributed by atoms with E-state index in [-0.39, 0.29) is 18.0 Å². The summed E-state index contributed by atoms with van der Waals surface area (Å²) in [6.45, 7) is 0.145. The van der Waals surface area contributed by atoms with Gasteiger partial charge in [-0.25, -0.2) is 14.8 Å². The van der Waals surface area contributed by atoms with Crippen LogP contribution in [0.25, 0.3) is 28.2 Å². The highest BCUT2D eigenvalue weighted by Crippen LogP contribution is 2.40. The predicted octanol–water partition coefficient (Wildman–Crippen LogP) is 4.60. The second kappa shape index (κ2) is 9.97. The van der Waals surface area contributed by atoms with Gasteiger partial charge in [0.25, 0.3) is 5.56 Å². The van der Waals surface area contributed by atoms with Gasteiger partial charge in [0.05, 0.1) is 17.9 Å². The highest BCUT2D eigenvalue weighted by Gasteiger charge is 2.30. The van der Waals surface area contributed by atoms with Crippen LogP contribution in [0.5, 0.6) is 0 Å². The number of carboxylic acid groups (broad SMARTS) is 1. The largest absolute Gasteiger partial charge is 0.465 e. The lowest BCUT2D eigenvalue weighted by atomic mass is 10.1. The standard InChI is InChI=1S/C25H19Cl2N9O3/c26-15-5-8-19(36-12-28-33-34-36)17(9-15)18-10-21(37)35(24(30-18)14-1-2-14)11-20-31-22(23(27)32-20)13-3-6-16(7-4-13)29-25(38)39/h3-10,12,14,29H,1-2,11H2,(H,31,32)(H,38,39). The van der Waals surface area contributed by atoms with Crippen molar-refractivity contribution < 1.29 is 9.90 Å². The van der Waals surface area contributed by atoms with Gasteiger partial charge in [0.2, 0.25) is 0 Å². The topological polar surface area (TPSA) is 156 Å². The van der Waals surface area contributed by atoms with Crippen molar-refractivity contribution in [2.45, 2.75) is 25.3 Å². The molecule has 1 saturated carbocycles. The predicted molar refractivity (Wildman–Crippen MR) is 143 cm³/mol. The Labute approximate surface area is 230 Å². The second-order valence-corrected chi connectivity index (χ2v) is 9.78. The molecule has 0 saturated heterocycles. The zero-order valence-electron chi connectivity index (χ0n) is 20.0. The van der Waals surface area contributed by atoms with Crippen LogP contribution in [0, 0.1) is 0 Å². The van der Waals surface area contributed by atoms with Crippen molar-refractivity contribution in [3.8, 4) is 28.2 Å². The number of amides is 1. The van der Waals surface area contributed by atoms with Gasteiger partial charge in [-0.15, -0.1) is 5.10 Å². The Morgan fingerprint density at radius 1 is 1.10 bits per heavy atom. The molecule has 3 heterocycles. The van der Waals surface area contributed by atoms with Gasteiger partial charge in [-0.3, -0.25) is 14.7 Å². The van der Waals surface area contributed by atoms with Crippen LogP contribution >= 0.6 is 23.2 Å². The summed E-state index contributed by atoms with van der Waals surface area (Å²) < 4.78 is 3.09. The lowest BCUT2D eigenvalue weighted by molar-refractivity contribution is 0.209. The fourth-order valence-corrected chi connectivity index (χ4v) is 4.74. The number of tetrazole rings is 1. The number of carbonyl (C=O) groups is 1. The Morgan fingerprint density at radius 2 is 1.90 bits per heavy atom. The Hall–Kier alpha value is -4.55. The van der Waals surface area contributed by atoms with Gasteiger partial charge in [-0.05, 0) is 53.6 Å². The normalized spacial score (nSPS) is 13.0. The Kier molecular flexibility index (Phi) is 6.33. The summed E-state index contributed by atoms with van der Waals surface area (Å²) in [7, 11) is 0. The molecule has 196 valence electrons. The van der Waals surface area contributed by atoms with E-state index in [4.69, 9.17) is 33.3 Å². The molecule has 0 aliphatic heterocycles. The maximum absolute atomic E-state index is 13.5. The first-order valence-corrected chi connectivity index (χ1v) is 12.6. The number of aromatic amines is 1. The summed E-state index contributed by atoms with van der Waals surface area (Å²) in [6.07, 6.45) is 2.16. The van der Waals surface area contributed by atoms with E-state index in [1.54, 1.807) is 47.0 Å². The molecular weight excluding hydrogens is 545 g/mol. The monoisotopic (exact) mass is 563 g/mol. The van der Waals surface area contributed by atoms with E-state index in [9.17, 15) is 9.59 Å². The van der Waals surface area contributed by atoms with Gasteiger partial charge in [0, 0.05) is 33.8 Å². The van der Waals surface area contributed by atoms with Crippen molar-refractivity contribution in [1.29, 1.82) is 0 Å². The molecule has 1 fully saturated rings. The lowest BCUT2D eigenvalue weighted by Crippen LogP contribution is -2.26. The molecule has 6 rings (SSSR count). The van der Waals surface area contributed by atoms with Crippen LogP contribution in [0.3, 0.4) is 0 Å². The fraction of sp³-hybridized carbons (Fsp3) is 0.160. The highest BCUT2D eigenvalue weighted by molar-refractivity contribution is 6.32. The van der Waals surface area contributed by atoms with Crippen LogP contribution in [0.2, 0.25) is 10.2 Å². The smallest absolute Gasteiger partial charge is 0.409 e. The van der Waals surface area contributed by atoms with Gasteiger partial charge in [-0.1, -0.05) is 35.3 Å². The molecule has 1 amide bonds. The van der Waals surface area contributed by atoms with E-state index < -0.39 is 6.09 Å². The molecule has 0 radical (unpaired) electrons. The molecule has 1 aliphatic carbocycles. The van der Waals surface area contributed by atoms with E-state index in [1.165, 1.54) is 17.1 Å². The lowest BCUT2D eigenvalue weighted by Gasteiger charge is -2.14. The molecule has 2 aromatic carbocycles. The van der Waals surface area contributed by atoms with Gasteiger partial charge in [0.15, 0.2) is 0 Å². The number of nitrogens with zero attached hydrogens (tertiary/aromatic N) is 7. The number of nitrogens with one attached hydrogen (secondary N) is 2. The van der Waals surface area contributed by atoms with Crippen LogP contribution in [0.15, 0.2) is 59.7 Å². The number of hydrogen-bond donors (Lipinski definition) is 3. The maximum Gasteiger partial charge on any atom is 0.409 e. The van der Waals surface area contributed by atoms with Crippen LogP contribution in [-0.2, 0) is 6.54 Å². The molecule has 39 heavy (non-hydrogen) atoms. The van der Waals surface area contributed by atoms with Crippen molar-refractivity contribution >= 4 is 35.0 Å². The molecule has 3 N–H and O–H groups in total. The number of hydrogen-bond acceptors (Lipinski definition) is 7. The molecule has 3 aromatic heterocycles. The van der Waals surface area contributed by atoms with Gasteiger partial charge >= 0.3 is 6.09 Å². The Morgan fingerprint density at radius 3 is 2.59 bits per heavy atom. The average Bonchev–Trinajstić information content (AvgIpc) is 3.48. The Bertz CT molecular complexity index is 1740. The number of halogens is 2. The summed E-state index contributed by atoms with van der Waals surface area (Å²) in [5.41, 5.74) is 3.10. The zero-order chi connectivity index (χ0) is 27.1. The quantitative estimate of drug-likeness (QED) is 0.259. The first-order chi connectivity index (χ1) is 18.9. The first-order valence-electron chi connectivity index (χ1n) is 11.9. The molecule has 0 bridgehead atoms. The molecule has 0 unspecified atom stereocenters. The minimum atomic E-state index is -1.15. The summed E-state index contributed by atoms with van der Waals surface area (Å²) in [5.74, 6) is 1.28. The Balaban J connectivity index is 1.35. The van der Waals surface area contributed by atoms with Crippen molar-refractivity contribution in [3.63, 3.8) is 0 Å². The summed E-state index contributed by atoms with van der Waals surface area (Å²) in [4.78, 5) is 36.9. The van der Waals surface area contributed by atoms with Crippen molar-refractivity contribution in [2.24, 2.45) is 0 Å². The number of aromatic nitrogens is 8. The third-order valence-corrected chi connectivity index (χ3v) is 6.75. The maximum atomic E-state index is 13.5. The number of imidazole rings is 1. The zero-order valence-corrected chi connectivity index (χ0v) is 21.6. The second-order valence-electron chi connectivity index (χ2n) is 8.97. The highest BCUT2D eigenvalue weighted by atomic mass is 35.5. The SMILES string of the molecule is O=C(O)Nc1ccc(-c2nc(Cn3c(C4CC4)nc(-c4cc(Cl)ccc4-n4cnnn4)cc3=O)[nH]c2Cl)cc1. The molecule has 0 spiro atoms. The van der Waals surface area contributed by atoms with E-state index >= 15 is 0 Å². The van der Waals surface area contributed by atoms with E-state index in [0.29, 0.717) is 55.7 Å². The average molecular weight is 564 g/mol. The number of rotatable bonds is 7. The van der Waals surface area contributed by atoms with E-state index in [0.717, 1.165) is 12.8 Å². The molecule has 12 nitrogen and oxygen atoms in total. The third kappa shape index (κ3) is 5.11. The van der Waals surface area contributed by atoms with Crippen LogP contribution in [0.4, 0.5) is 10.5 Å². The molecule has 1 aliphatic rings. The third-order valence-electron chi connectivity index (χ3n) is 6.24. The minimum absolute atomic E-state index is 0.145. The van der Waals surface area contributed by atoms with Crippen LogP contribution in [0.1, 0.15) is 30.4 Å². The number of benzene rings is 2. The van der Waals surface area contributed by atoms with Crippen LogP contribution < -0.4 is 10.9 Å². The van der Waals surface area contributed by atoms with Crippen molar-refractivity contribution in [2.75, 3.05) is 5.32 Å². The van der Waals surface area contributed by atoms with Crippen molar-refractivity contribution in [3.05, 3.63) is 87.0 Å². The summed E-state index contributed by atoms with van der Waals surface area (Å²) in [6, 6.07) is 13.3. The minimum Gasteiger partial charge on any atom is -0.465 e. The summed E-state index contributed by atoms with van der Waals surface area (Å²) >= 11 is 12.7. The van der Waals surface area contributed by atoms with Crippen LogP contribution in [-0.4, -0.2) is 50.9 Å².